The molecule has 0 saturated heterocycles. The summed E-state index contributed by atoms with van der Waals surface area (Å²) in [4.78, 5) is 31.1. The van der Waals surface area contributed by atoms with Gasteiger partial charge in [-0.2, -0.15) is 0 Å². The average molecular weight is 289 g/mol. The number of alkyl halides is 1. The molecule has 0 aromatic heterocycles. The largest absolute Gasteiger partial charge is 0.477 e. The van der Waals surface area contributed by atoms with E-state index in [4.69, 9.17) is 16.7 Å². The van der Waals surface area contributed by atoms with E-state index < -0.39 is 32.8 Å². The highest BCUT2D eigenvalue weighted by atomic mass is 35.5. The molecule has 8 nitrogen and oxygen atoms in total. The van der Waals surface area contributed by atoms with E-state index in [-0.39, 0.29) is 24.3 Å². The second kappa shape index (κ2) is 6.10. The van der Waals surface area contributed by atoms with Crippen LogP contribution in [0.2, 0.25) is 0 Å². The van der Waals surface area contributed by atoms with Crippen LogP contribution < -0.4 is 0 Å². The Morgan fingerprint density at radius 3 is 2.32 bits per heavy atom. The van der Waals surface area contributed by atoms with E-state index in [1.807, 2.05) is 0 Å². The molecule has 1 rings (SSSR count). The van der Waals surface area contributed by atoms with Crippen LogP contribution in [0.25, 0.3) is 0 Å². The summed E-state index contributed by atoms with van der Waals surface area (Å²) in [5, 5.41) is 30.7. The zero-order chi connectivity index (χ0) is 14.6. The number of nitro groups is 2. The molecule has 102 valence electrons. The van der Waals surface area contributed by atoms with Crippen molar-refractivity contribution in [2.45, 2.75) is 12.8 Å². The smallest absolute Gasteiger partial charge is 0.342 e. The lowest BCUT2D eigenvalue weighted by atomic mass is 10.0. The molecule has 0 radical (unpaired) electrons. The predicted molar refractivity (Wildman–Crippen MR) is 65.8 cm³/mol. The molecular weight excluding hydrogens is 280 g/mol. The van der Waals surface area contributed by atoms with Crippen LogP contribution in [0.1, 0.15) is 22.3 Å². The van der Waals surface area contributed by atoms with E-state index in [9.17, 15) is 25.0 Å². The summed E-state index contributed by atoms with van der Waals surface area (Å²) in [6.07, 6.45) is 0.240. The second-order valence-electron chi connectivity index (χ2n) is 3.57. The van der Waals surface area contributed by atoms with Gasteiger partial charge < -0.3 is 5.11 Å². The molecule has 9 heteroatoms. The minimum absolute atomic E-state index is 0.0305. The number of carboxylic acid groups (broad SMARTS) is 1. The van der Waals surface area contributed by atoms with Crippen LogP contribution in [-0.4, -0.2) is 26.8 Å². The van der Waals surface area contributed by atoms with E-state index in [0.29, 0.717) is 0 Å². The third-order valence-electron chi connectivity index (χ3n) is 2.43. The highest BCUT2D eigenvalue weighted by molar-refractivity contribution is 6.17. The zero-order valence-corrected chi connectivity index (χ0v) is 10.3. The van der Waals surface area contributed by atoms with E-state index in [0.717, 1.165) is 12.1 Å². The Kier molecular flexibility index (Phi) is 4.76. The first-order valence-electron chi connectivity index (χ1n) is 5.14. The highest BCUT2D eigenvalue weighted by Crippen LogP contribution is 2.33. The lowest BCUT2D eigenvalue weighted by Gasteiger charge is -2.05. The molecule has 0 aliphatic carbocycles. The molecule has 0 fully saturated rings. The van der Waals surface area contributed by atoms with Gasteiger partial charge in [0, 0.05) is 11.9 Å². The fraction of sp³-hybridized carbons (Fsp3) is 0.300. The quantitative estimate of drug-likeness (QED) is 0.487. The lowest BCUT2D eigenvalue weighted by Crippen LogP contribution is -2.08. The average Bonchev–Trinajstić information content (AvgIpc) is 2.34. The van der Waals surface area contributed by atoms with Crippen molar-refractivity contribution >= 4 is 28.9 Å². The van der Waals surface area contributed by atoms with Crippen LogP contribution in [0.5, 0.6) is 0 Å². The number of aromatic carboxylic acids is 1. The van der Waals surface area contributed by atoms with Crippen molar-refractivity contribution in [1.82, 2.24) is 0 Å². The van der Waals surface area contributed by atoms with Crippen LogP contribution in [0.3, 0.4) is 0 Å². The number of benzene rings is 1. The number of hydrogen-bond acceptors (Lipinski definition) is 5. The van der Waals surface area contributed by atoms with Gasteiger partial charge in [0.25, 0.3) is 11.4 Å². The molecule has 0 aliphatic heterocycles. The fourth-order valence-corrected chi connectivity index (χ4v) is 1.80. The zero-order valence-electron chi connectivity index (χ0n) is 9.54. The summed E-state index contributed by atoms with van der Waals surface area (Å²) in [7, 11) is 0. The molecule has 1 aromatic rings. The number of nitrogens with zero attached hydrogens (tertiary/aromatic N) is 2. The number of carboxylic acids is 1. The number of hydrogen-bond donors (Lipinski definition) is 1. The summed E-state index contributed by atoms with van der Waals surface area (Å²) in [6, 6.07) is 1.82. The SMILES string of the molecule is O=C(O)c1ccc([N+](=O)[O-])c(CCCCl)c1[N+](=O)[O-]. The van der Waals surface area contributed by atoms with Crippen molar-refractivity contribution in [3.8, 4) is 0 Å². The minimum Gasteiger partial charge on any atom is -0.477 e. The van der Waals surface area contributed by atoms with Gasteiger partial charge in [-0.25, -0.2) is 4.79 Å². The maximum absolute atomic E-state index is 11.0. The number of rotatable bonds is 6. The molecule has 0 saturated carbocycles. The van der Waals surface area contributed by atoms with Gasteiger partial charge in [0.2, 0.25) is 0 Å². The monoisotopic (exact) mass is 288 g/mol. The van der Waals surface area contributed by atoms with E-state index in [2.05, 4.69) is 0 Å². The highest BCUT2D eigenvalue weighted by Gasteiger charge is 2.31. The Balaban J connectivity index is 3.56. The van der Waals surface area contributed by atoms with Crippen LogP contribution >= 0.6 is 11.6 Å². The van der Waals surface area contributed by atoms with Crippen LogP contribution in [0.15, 0.2) is 12.1 Å². The first-order chi connectivity index (χ1) is 8.90. The van der Waals surface area contributed by atoms with Gasteiger partial charge in [-0.3, -0.25) is 20.2 Å². The topological polar surface area (TPSA) is 124 Å². The summed E-state index contributed by atoms with van der Waals surface area (Å²) in [6.45, 7) is 0. The van der Waals surface area contributed by atoms with Crippen molar-refractivity contribution < 1.29 is 19.7 Å². The first kappa shape index (κ1) is 14.8. The van der Waals surface area contributed by atoms with E-state index in [1.165, 1.54) is 0 Å². The van der Waals surface area contributed by atoms with Gasteiger partial charge in [-0.05, 0) is 18.9 Å². The predicted octanol–water partition coefficient (Wildman–Crippen LogP) is 2.37. The van der Waals surface area contributed by atoms with Gasteiger partial charge in [-0.1, -0.05) is 0 Å². The van der Waals surface area contributed by atoms with Crippen LogP contribution in [0.4, 0.5) is 11.4 Å². The maximum atomic E-state index is 11.0. The Morgan fingerprint density at radius 2 is 1.89 bits per heavy atom. The van der Waals surface area contributed by atoms with Gasteiger partial charge >= 0.3 is 5.97 Å². The van der Waals surface area contributed by atoms with Crippen molar-refractivity contribution in [2.24, 2.45) is 0 Å². The Bertz CT molecular complexity index is 545. The van der Waals surface area contributed by atoms with Gasteiger partial charge in [0.15, 0.2) is 0 Å². The molecule has 0 heterocycles. The minimum atomic E-state index is -1.51. The van der Waals surface area contributed by atoms with E-state index in [1.54, 1.807) is 0 Å². The van der Waals surface area contributed by atoms with Gasteiger partial charge in [0.05, 0.1) is 9.85 Å². The molecule has 0 spiro atoms. The van der Waals surface area contributed by atoms with Crippen molar-refractivity contribution in [3.63, 3.8) is 0 Å². The molecule has 0 amide bonds. The molecule has 19 heavy (non-hydrogen) atoms. The van der Waals surface area contributed by atoms with Crippen molar-refractivity contribution in [1.29, 1.82) is 0 Å². The molecule has 0 bridgehead atoms. The summed E-state index contributed by atoms with van der Waals surface area (Å²) < 4.78 is 0. The number of carbonyl (C=O) groups is 1. The Morgan fingerprint density at radius 1 is 1.26 bits per heavy atom. The van der Waals surface area contributed by atoms with Gasteiger partial charge in [0.1, 0.15) is 11.1 Å². The Labute approximate surface area is 111 Å². The second-order valence-corrected chi connectivity index (χ2v) is 3.95. The van der Waals surface area contributed by atoms with E-state index >= 15 is 0 Å². The third kappa shape index (κ3) is 3.16. The standard InChI is InChI=1S/C10H9ClN2O6/c11-5-1-2-6-8(12(16)17)4-3-7(10(14)15)9(6)13(18)19/h3-4H,1-2,5H2,(H,14,15). The third-order valence-corrected chi connectivity index (χ3v) is 2.70. The van der Waals surface area contributed by atoms with Crippen LogP contribution in [-0.2, 0) is 6.42 Å². The summed E-state index contributed by atoms with van der Waals surface area (Å²) in [5.41, 5.74) is -2.00. The first-order valence-corrected chi connectivity index (χ1v) is 5.67. The molecule has 0 aliphatic rings. The summed E-state index contributed by atoms with van der Waals surface area (Å²) in [5.74, 6) is -1.35. The lowest BCUT2D eigenvalue weighted by molar-refractivity contribution is -0.395. The molecule has 1 N–H and O–H groups in total. The molecule has 0 unspecified atom stereocenters. The fourth-order valence-electron chi connectivity index (χ4n) is 1.67. The molecular formula is C10H9ClN2O6. The number of nitro benzene ring substituents is 2. The normalized spacial score (nSPS) is 10.2. The molecule has 0 atom stereocenters. The number of halogens is 1. The van der Waals surface area contributed by atoms with Gasteiger partial charge in [-0.15, -0.1) is 11.6 Å². The Hall–Kier alpha value is -2.22. The van der Waals surface area contributed by atoms with Crippen molar-refractivity contribution in [2.75, 3.05) is 5.88 Å². The summed E-state index contributed by atoms with van der Waals surface area (Å²) >= 11 is 5.46. The van der Waals surface area contributed by atoms with Crippen LogP contribution in [0, 0.1) is 20.2 Å². The maximum Gasteiger partial charge on any atom is 0.342 e. The molecule has 1 aromatic carbocycles. The van der Waals surface area contributed by atoms with Crippen molar-refractivity contribution in [3.05, 3.63) is 43.5 Å².